The topological polar surface area (TPSA) is 42.2 Å². The van der Waals surface area contributed by atoms with E-state index in [1.54, 1.807) is 6.07 Å². The van der Waals surface area contributed by atoms with Crippen LogP contribution in [0.1, 0.15) is 43.7 Å². The Bertz CT molecular complexity index is 632. The van der Waals surface area contributed by atoms with Crippen molar-refractivity contribution in [3.05, 3.63) is 48.2 Å². The van der Waals surface area contributed by atoms with Crippen molar-refractivity contribution >= 4 is 5.91 Å². The van der Waals surface area contributed by atoms with Gasteiger partial charge in [0.15, 0.2) is 5.76 Å². The van der Waals surface area contributed by atoms with Gasteiger partial charge in [0, 0.05) is 11.6 Å². The van der Waals surface area contributed by atoms with Gasteiger partial charge in [-0.1, -0.05) is 57.0 Å². The van der Waals surface area contributed by atoms with Crippen molar-refractivity contribution in [2.75, 3.05) is 0 Å². The fourth-order valence-electron chi connectivity index (χ4n) is 3.24. The van der Waals surface area contributed by atoms with E-state index in [1.165, 1.54) is 12.8 Å². The number of nitrogens with one attached hydrogen (secondary N) is 1. The molecule has 3 heteroatoms. The van der Waals surface area contributed by atoms with E-state index >= 15 is 0 Å². The van der Waals surface area contributed by atoms with Gasteiger partial charge in [0.05, 0.1) is 0 Å². The maximum absolute atomic E-state index is 12.4. The number of benzene rings is 1. The van der Waals surface area contributed by atoms with Crippen molar-refractivity contribution in [1.29, 1.82) is 0 Å². The summed E-state index contributed by atoms with van der Waals surface area (Å²) < 4.78 is 5.72. The molecule has 22 heavy (non-hydrogen) atoms. The maximum atomic E-state index is 12.4. The lowest BCUT2D eigenvalue weighted by molar-refractivity contribution is 0.0864. The molecule has 2 aromatic rings. The minimum Gasteiger partial charge on any atom is -0.451 e. The zero-order chi connectivity index (χ0) is 15.5. The minimum absolute atomic E-state index is 0.104. The van der Waals surface area contributed by atoms with Crippen LogP contribution >= 0.6 is 0 Å². The summed E-state index contributed by atoms with van der Waals surface area (Å²) in [5.74, 6) is 2.20. The Labute approximate surface area is 131 Å². The molecule has 0 spiro atoms. The van der Waals surface area contributed by atoms with Crippen molar-refractivity contribution in [3.8, 4) is 11.3 Å². The van der Waals surface area contributed by atoms with Crippen LogP contribution in [0.5, 0.6) is 0 Å². The van der Waals surface area contributed by atoms with Gasteiger partial charge < -0.3 is 9.73 Å². The first-order valence-corrected chi connectivity index (χ1v) is 8.11. The highest BCUT2D eigenvalue weighted by Gasteiger charge is 2.29. The molecule has 0 bridgehead atoms. The Morgan fingerprint density at radius 1 is 1.09 bits per heavy atom. The summed E-state index contributed by atoms with van der Waals surface area (Å²) in [7, 11) is 0. The van der Waals surface area contributed by atoms with Crippen molar-refractivity contribution in [2.24, 2.45) is 11.8 Å². The van der Waals surface area contributed by atoms with Crippen LogP contribution in [0.2, 0.25) is 0 Å². The Morgan fingerprint density at radius 2 is 1.86 bits per heavy atom. The van der Waals surface area contributed by atoms with Crippen LogP contribution in [0.25, 0.3) is 11.3 Å². The van der Waals surface area contributed by atoms with Gasteiger partial charge in [0.2, 0.25) is 0 Å². The monoisotopic (exact) mass is 297 g/mol. The molecule has 0 aliphatic heterocycles. The van der Waals surface area contributed by atoms with E-state index in [0.717, 1.165) is 17.7 Å². The first-order valence-electron chi connectivity index (χ1n) is 8.11. The fourth-order valence-corrected chi connectivity index (χ4v) is 3.24. The largest absolute Gasteiger partial charge is 0.451 e. The molecule has 0 saturated heterocycles. The highest BCUT2D eigenvalue weighted by Crippen LogP contribution is 2.30. The number of hydrogen-bond acceptors (Lipinski definition) is 2. The van der Waals surface area contributed by atoms with Gasteiger partial charge in [0.25, 0.3) is 5.91 Å². The van der Waals surface area contributed by atoms with Crippen LogP contribution in [0, 0.1) is 11.8 Å². The van der Waals surface area contributed by atoms with Gasteiger partial charge in [-0.2, -0.15) is 0 Å². The summed E-state index contributed by atoms with van der Waals surface area (Å²) in [5, 5.41) is 3.15. The van der Waals surface area contributed by atoms with Gasteiger partial charge in [-0.3, -0.25) is 4.79 Å². The van der Waals surface area contributed by atoms with Gasteiger partial charge in [-0.25, -0.2) is 0 Å². The Hall–Kier alpha value is -2.03. The molecule has 3 atom stereocenters. The summed E-state index contributed by atoms with van der Waals surface area (Å²) in [4.78, 5) is 12.4. The number of carbonyl (C=O) groups is 1. The lowest BCUT2D eigenvalue weighted by atomic mass is 9.78. The molecular formula is C19H23NO2. The van der Waals surface area contributed by atoms with Crippen molar-refractivity contribution < 1.29 is 9.21 Å². The average Bonchev–Trinajstić information content (AvgIpc) is 3.03. The van der Waals surface area contributed by atoms with Crippen LogP contribution in [-0.2, 0) is 0 Å². The van der Waals surface area contributed by atoms with E-state index in [-0.39, 0.29) is 11.9 Å². The van der Waals surface area contributed by atoms with Gasteiger partial charge >= 0.3 is 0 Å². The van der Waals surface area contributed by atoms with Gasteiger partial charge in [-0.15, -0.1) is 0 Å². The molecule has 1 aromatic carbocycles. The molecular weight excluding hydrogens is 274 g/mol. The zero-order valence-electron chi connectivity index (χ0n) is 13.2. The number of amides is 1. The number of hydrogen-bond donors (Lipinski definition) is 1. The van der Waals surface area contributed by atoms with Crippen LogP contribution in [0.4, 0.5) is 0 Å². The van der Waals surface area contributed by atoms with E-state index in [9.17, 15) is 4.79 Å². The van der Waals surface area contributed by atoms with E-state index in [4.69, 9.17) is 4.42 Å². The van der Waals surface area contributed by atoms with Crippen LogP contribution in [-0.4, -0.2) is 11.9 Å². The first kappa shape index (κ1) is 14.9. The first-order chi connectivity index (χ1) is 10.6. The lowest BCUT2D eigenvalue weighted by Crippen LogP contribution is -2.43. The Kier molecular flexibility index (Phi) is 4.32. The summed E-state index contributed by atoms with van der Waals surface area (Å²) in [6, 6.07) is 13.7. The normalized spacial score (nSPS) is 24.9. The molecule has 1 aliphatic rings. The summed E-state index contributed by atoms with van der Waals surface area (Å²) in [6.07, 6.45) is 3.50. The standard InChI is InChI=1S/C19H23NO2/c1-13-7-6-10-16(14(13)2)20-19(21)18-12-11-17(22-18)15-8-4-3-5-9-15/h3-5,8-9,11-14,16H,6-7,10H2,1-2H3,(H,20,21)/t13-,14+,16-/m1/s1. The molecule has 1 aromatic heterocycles. The summed E-state index contributed by atoms with van der Waals surface area (Å²) >= 11 is 0. The molecule has 1 N–H and O–H groups in total. The lowest BCUT2D eigenvalue weighted by Gasteiger charge is -2.34. The summed E-state index contributed by atoms with van der Waals surface area (Å²) in [5.41, 5.74) is 0.987. The quantitative estimate of drug-likeness (QED) is 0.906. The third-order valence-electron chi connectivity index (χ3n) is 4.91. The average molecular weight is 297 g/mol. The van der Waals surface area contributed by atoms with E-state index in [2.05, 4.69) is 19.2 Å². The highest BCUT2D eigenvalue weighted by atomic mass is 16.3. The fraction of sp³-hybridized carbons (Fsp3) is 0.421. The second-order valence-corrected chi connectivity index (χ2v) is 6.38. The number of carbonyl (C=O) groups excluding carboxylic acids is 1. The van der Waals surface area contributed by atoms with Gasteiger partial charge in [0.1, 0.15) is 5.76 Å². The zero-order valence-corrected chi connectivity index (χ0v) is 13.2. The molecule has 1 heterocycles. The predicted molar refractivity (Wildman–Crippen MR) is 87.6 cm³/mol. The van der Waals surface area contributed by atoms with Crippen molar-refractivity contribution in [3.63, 3.8) is 0 Å². The SMILES string of the molecule is C[C@H]1[C@H](C)CCC[C@H]1NC(=O)c1ccc(-c2ccccc2)o1. The van der Waals surface area contributed by atoms with Crippen molar-refractivity contribution in [1.82, 2.24) is 5.32 Å². The predicted octanol–water partition coefficient (Wildman–Crippen LogP) is 4.50. The molecule has 3 rings (SSSR count). The molecule has 1 amide bonds. The Morgan fingerprint density at radius 3 is 2.64 bits per heavy atom. The molecule has 1 fully saturated rings. The Balaban J connectivity index is 1.69. The van der Waals surface area contributed by atoms with E-state index < -0.39 is 0 Å². The van der Waals surface area contributed by atoms with E-state index in [0.29, 0.717) is 17.6 Å². The smallest absolute Gasteiger partial charge is 0.287 e. The molecule has 116 valence electrons. The minimum atomic E-state index is -0.104. The van der Waals surface area contributed by atoms with Crippen LogP contribution < -0.4 is 5.32 Å². The molecule has 3 nitrogen and oxygen atoms in total. The number of rotatable bonds is 3. The molecule has 0 unspecified atom stereocenters. The number of furan rings is 1. The maximum Gasteiger partial charge on any atom is 0.287 e. The second kappa shape index (κ2) is 6.39. The molecule has 1 saturated carbocycles. The molecule has 0 radical (unpaired) electrons. The highest BCUT2D eigenvalue weighted by molar-refractivity contribution is 5.92. The van der Waals surface area contributed by atoms with Crippen molar-refractivity contribution in [2.45, 2.75) is 39.2 Å². The second-order valence-electron chi connectivity index (χ2n) is 6.38. The van der Waals surface area contributed by atoms with Crippen LogP contribution in [0.3, 0.4) is 0 Å². The third-order valence-corrected chi connectivity index (χ3v) is 4.91. The third kappa shape index (κ3) is 3.08. The van der Waals surface area contributed by atoms with Crippen LogP contribution in [0.15, 0.2) is 46.9 Å². The summed E-state index contributed by atoms with van der Waals surface area (Å²) in [6.45, 7) is 4.50. The molecule has 1 aliphatic carbocycles. The van der Waals surface area contributed by atoms with Gasteiger partial charge in [-0.05, 0) is 30.4 Å². The van der Waals surface area contributed by atoms with E-state index in [1.807, 2.05) is 36.4 Å².